The van der Waals surface area contributed by atoms with Crippen LogP contribution in [0.3, 0.4) is 0 Å². The maximum absolute atomic E-state index is 13.4. The monoisotopic (exact) mass is 399 g/mol. The van der Waals surface area contributed by atoms with Crippen LogP contribution in [0.1, 0.15) is 34.3 Å². The number of carbonyl (C=O) groups is 2. The zero-order valence-corrected chi connectivity index (χ0v) is 17.0. The van der Waals surface area contributed by atoms with Crippen molar-refractivity contribution < 1.29 is 9.59 Å². The highest BCUT2D eigenvalue weighted by atomic mass is 16.2. The molecule has 152 valence electrons. The SMILES string of the molecule is Cc1ccc(CNC(=O)C2CCCN2C(=O)c2ccccc2-c2ccncc2)cc1. The molecule has 0 radical (unpaired) electrons. The van der Waals surface area contributed by atoms with Gasteiger partial charge in [0, 0.05) is 31.0 Å². The van der Waals surface area contributed by atoms with Crippen molar-refractivity contribution in [3.63, 3.8) is 0 Å². The number of nitrogens with zero attached hydrogens (tertiary/aromatic N) is 2. The minimum atomic E-state index is -0.437. The van der Waals surface area contributed by atoms with E-state index in [9.17, 15) is 9.59 Å². The van der Waals surface area contributed by atoms with Gasteiger partial charge in [0.25, 0.3) is 5.91 Å². The van der Waals surface area contributed by atoms with E-state index in [1.165, 1.54) is 5.56 Å². The van der Waals surface area contributed by atoms with E-state index >= 15 is 0 Å². The van der Waals surface area contributed by atoms with E-state index in [1.54, 1.807) is 17.3 Å². The number of likely N-dealkylation sites (tertiary alicyclic amines) is 1. The molecule has 30 heavy (non-hydrogen) atoms. The van der Waals surface area contributed by atoms with Gasteiger partial charge in [0.15, 0.2) is 0 Å². The van der Waals surface area contributed by atoms with Gasteiger partial charge in [-0.05, 0) is 54.7 Å². The van der Waals surface area contributed by atoms with Gasteiger partial charge in [0.05, 0.1) is 0 Å². The van der Waals surface area contributed by atoms with Crippen LogP contribution in [0.2, 0.25) is 0 Å². The predicted molar refractivity (Wildman–Crippen MR) is 117 cm³/mol. The normalized spacial score (nSPS) is 15.8. The van der Waals surface area contributed by atoms with Gasteiger partial charge >= 0.3 is 0 Å². The molecule has 2 amide bonds. The van der Waals surface area contributed by atoms with E-state index in [0.29, 0.717) is 25.1 Å². The van der Waals surface area contributed by atoms with Crippen LogP contribution in [0.15, 0.2) is 73.1 Å². The van der Waals surface area contributed by atoms with E-state index in [1.807, 2.05) is 67.6 Å². The van der Waals surface area contributed by atoms with Gasteiger partial charge in [-0.15, -0.1) is 0 Å². The first-order chi connectivity index (χ1) is 14.6. The quantitative estimate of drug-likeness (QED) is 0.706. The molecule has 1 fully saturated rings. The van der Waals surface area contributed by atoms with Crippen LogP contribution < -0.4 is 5.32 Å². The second kappa shape index (κ2) is 8.91. The first kappa shape index (κ1) is 19.8. The molecule has 0 spiro atoms. The van der Waals surface area contributed by atoms with Crippen LogP contribution in [0.5, 0.6) is 0 Å². The third-order valence-electron chi connectivity index (χ3n) is 5.55. The summed E-state index contributed by atoms with van der Waals surface area (Å²) in [5.74, 6) is -0.196. The highest BCUT2D eigenvalue weighted by Gasteiger charge is 2.35. The Kier molecular flexibility index (Phi) is 5.89. The number of hydrogen-bond donors (Lipinski definition) is 1. The Labute approximate surface area is 176 Å². The molecule has 0 bridgehead atoms. The molecule has 2 heterocycles. The summed E-state index contributed by atoms with van der Waals surface area (Å²) in [6.07, 6.45) is 4.94. The zero-order chi connectivity index (χ0) is 20.9. The van der Waals surface area contributed by atoms with Gasteiger partial charge < -0.3 is 10.2 Å². The van der Waals surface area contributed by atoms with E-state index < -0.39 is 6.04 Å². The van der Waals surface area contributed by atoms with Crippen molar-refractivity contribution in [3.05, 3.63) is 89.7 Å². The smallest absolute Gasteiger partial charge is 0.255 e. The van der Waals surface area contributed by atoms with Gasteiger partial charge in [-0.2, -0.15) is 0 Å². The average Bonchev–Trinajstić information content (AvgIpc) is 3.29. The number of aromatic nitrogens is 1. The third-order valence-corrected chi connectivity index (χ3v) is 5.55. The number of hydrogen-bond acceptors (Lipinski definition) is 3. The molecule has 4 rings (SSSR count). The number of amides is 2. The molecule has 3 aromatic rings. The topological polar surface area (TPSA) is 62.3 Å². The standard InChI is InChI=1S/C25H25N3O2/c1-18-8-10-19(11-9-18)17-27-24(29)23-7-4-16-28(23)25(30)22-6-3-2-5-21(22)20-12-14-26-15-13-20/h2-3,5-6,8-15,23H,4,7,16-17H2,1H3,(H,27,29). The second-order valence-electron chi connectivity index (χ2n) is 7.64. The van der Waals surface area contributed by atoms with Crippen LogP contribution in [0.4, 0.5) is 0 Å². The van der Waals surface area contributed by atoms with Gasteiger partial charge in [-0.1, -0.05) is 48.0 Å². The Morgan fingerprint density at radius 2 is 1.77 bits per heavy atom. The number of rotatable bonds is 5. The van der Waals surface area contributed by atoms with E-state index in [0.717, 1.165) is 23.1 Å². The van der Waals surface area contributed by atoms with Crippen molar-refractivity contribution in [2.75, 3.05) is 6.54 Å². The molecule has 1 N–H and O–H groups in total. The summed E-state index contributed by atoms with van der Waals surface area (Å²) in [6.45, 7) is 3.09. The Morgan fingerprint density at radius 3 is 2.53 bits per heavy atom. The predicted octanol–water partition coefficient (Wildman–Crippen LogP) is 3.98. The van der Waals surface area contributed by atoms with Gasteiger partial charge in [-0.3, -0.25) is 14.6 Å². The molecule has 1 aromatic heterocycles. The lowest BCUT2D eigenvalue weighted by Crippen LogP contribution is -2.45. The Bertz CT molecular complexity index is 1030. The molecular weight excluding hydrogens is 374 g/mol. The molecule has 1 unspecified atom stereocenters. The van der Waals surface area contributed by atoms with E-state index in [4.69, 9.17) is 0 Å². The maximum Gasteiger partial charge on any atom is 0.255 e. The molecule has 0 saturated carbocycles. The fourth-order valence-electron chi connectivity index (χ4n) is 3.90. The zero-order valence-electron chi connectivity index (χ0n) is 17.0. The lowest BCUT2D eigenvalue weighted by Gasteiger charge is -2.25. The molecule has 0 aliphatic carbocycles. The summed E-state index contributed by atoms with van der Waals surface area (Å²) >= 11 is 0. The van der Waals surface area contributed by atoms with Crippen molar-refractivity contribution >= 4 is 11.8 Å². The molecule has 1 aliphatic rings. The lowest BCUT2D eigenvalue weighted by atomic mass is 9.99. The summed E-state index contributed by atoms with van der Waals surface area (Å²) < 4.78 is 0. The van der Waals surface area contributed by atoms with Crippen LogP contribution in [-0.4, -0.2) is 34.3 Å². The fraction of sp³-hybridized carbons (Fsp3) is 0.240. The highest BCUT2D eigenvalue weighted by Crippen LogP contribution is 2.27. The van der Waals surface area contributed by atoms with E-state index in [2.05, 4.69) is 10.3 Å². The fourth-order valence-corrected chi connectivity index (χ4v) is 3.90. The Morgan fingerprint density at radius 1 is 1.03 bits per heavy atom. The van der Waals surface area contributed by atoms with Gasteiger partial charge in [-0.25, -0.2) is 0 Å². The van der Waals surface area contributed by atoms with Crippen molar-refractivity contribution in [1.29, 1.82) is 0 Å². The molecule has 2 aromatic carbocycles. The molecular formula is C25H25N3O2. The summed E-state index contributed by atoms with van der Waals surface area (Å²) in [5, 5.41) is 3.00. The molecule has 1 saturated heterocycles. The molecule has 5 nitrogen and oxygen atoms in total. The average molecular weight is 399 g/mol. The highest BCUT2D eigenvalue weighted by molar-refractivity contribution is 6.03. The summed E-state index contributed by atoms with van der Waals surface area (Å²) in [4.78, 5) is 32.0. The van der Waals surface area contributed by atoms with Gasteiger partial charge in [0.2, 0.25) is 5.91 Å². The van der Waals surface area contributed by atoms with Crippen LogP contribution in [-0.2, 0) is 11.3 Å². The number of carbonyl (C=O) groups excluding carboxylic acids is 2. The molecule has 5 heteroatoms. The number of pyridine rings is 1. The first-order valence-corrected chi connectivity index (χ1v) is 10.3. The van der Waals surface area contributed by atoms with Crippen molar-refractivity contribution in [2.24, 2.45) is 0 Å². The maximum atomic E-state index is 13.4. The Hall–Kier alpha value is -3.47. The molecule has 1 atom stereocenters. The summed E-state index contributed by atoms with van der Waals surface area (Å²) in [5.41, 5.74) is 4.64. The number of nitrogens with one attached hydrogen (secondary N) is 1. The minimum absolute atomic E-state index is 0.0946. The largest absolute Gasteiger partial charge is 0.350 e. The van der Waals surface area contributed by atoms with E-state index in [-0.39, 0.29) is 11.8 Å². The third kappa shape index (κ3) is 4.25. The van der Waals surface area contributed by atoms with Crippen molar-refractivity contribution in [3.8, 4) is 11.1 Å². The summed E-state index contributed by atoms with van der Waals surface area (Å²) in [6, 6.07) is 19.0. The minimum Gasteiger partial charge on any atom is -0.350 e. The molecule has 1 aliphatic heterocycles. The second-order valence-corrected chi connectivity index (χ2v) is 7.64. The van der Waals surface area contributed by atoms with Crippen molar-refractivity contribution in [2.45, 2.75) is 32.4 Å². The van der Waals surface area contributed by atoms with Crippen molar-refractivity contribution in [1.82, 2.24) is 15.2 Å². The van der Waals surface area contributed by atoms with Crippen LogP contribution in [0, 0.1) is 6.92 Å². The lowest BCUT2D eigenvalue weighted by molar-refractivity contribution is -0.125. The van der Waals surface area contributed by atoms with Crippen LogP contribution in [0.25, 0.3) is 11.1 Å². The van der Waals surface area contributed by atoms with Gasteiger partial charge in [0.1, 0.15) is 6.04 Å². The number of aryl methyl sites for hydroxylation is 1. The Balaban J connectivity index is 1.50. The first-order valence-electron chi connectivity index (χ1n) is 10.3. The number of benzene rings is 2. The van der Waals surface area contributed by atoms with Crippen LogP contribution >= 0.6 is 0 Å². The summed E-state index contributed by atoms with van der Waals surface area (Å²) in [7, 11) is 0.